The second-order valence-corrected chi connectivity index (χ2v) is 5.21. The Hall–Kier alpha value is -2.65. The third-order valence-electron chi connectivity index (χ3n) is 3.61. The van der Waals surface area contributed by atoms with E-state index in [-0.39, 0.29) is 11.8 Å². The number of anilines is 2. The second-order valence-electron chi connectivity index (χ2n) is 5.21. The third-order valence-corrected chi connectivity index (χ3v) is 3.61. The molecule has 2 aromatic rings. The Morgan fingerprint density at radius 2 is 2.17 bits per heavy atom. The number of ether oxygens (including phenoxy) is 2. The molecule has 1 saturated heterocycles. The number of hydrogen-bond acceptors (Lipinski definition) is 9. The van der Waals surface area contributed by atoms with Gasteiger partial charge in [0.25, 0.3) is 0 Å². The molecule has 3 rings (SSSR count). The average molecular weight is 332 g/mol. The summed E-state index contributed by atoms with van der Waals surface area (Å²) in [6.45, 7) is 3.11. The zero-order valence-corrected chi connectivity index (χ0v) is 13.2. The number of hydrazine groups is 1. The van der Waals surface area contributed by atoms with Gasteiger partial charge >= 0.3 is 6.01 Å². The Bertz CT molecular complexity index is 678. The molecule has 0 saturated carbocycles. The van der Waals surface area contributed by atoms with E-state index in [4.69, 9.17) is 15.3 Å². The third kappa shape index (κ3) is 4.00. The molecule has 4 N–H and O–H groups in total. The molecule has 0 spiro atoms. The van der Waals surface area contributed by atoms with Crippen LogP contribution in [-0.4, -0.2) is 53.0 Å². The molecule has 0 amide bonds. The number of aromatic hydroxyl groups is 1. The molecule has 3 heterocycles. The van der Waals surface area contributed by atoms with Gasteiger partial charge in [0.2, 0.25) is 0 Å². The van der Waals surface area contributed by atoms with Crippen LogP contribution < -0.4 is 20.9 Å². The molecule has 1 fully saturated rings. The first-order chi connectivity index (χ1) is 11.8. The molecule has 0 atom stereocenters. The van der Waals surface area contributed by atoms with Gasteiger partial charge in [-0.15, -0.1) is 0 Å². The Morgan fingerprint density at radius 3 is 2.92 bits per heavy atom. The molecule has 1 aliphatic rings. The summed E-state index contributed by atoms with van der Waals surface area (Å²) in [7, 11) is 0. The van der Waals surface area contributed by atoms with Crippen molar-refractivity contribution in [2.75, 3.05) is 43.2 Å². The van der Waals surface area contributed by atoms with E-state index in [9.17, 15) is 5.11 Å². The zero-order chi connectivity index (χ0) is 16.8. The number of aromatic nitrogens is 3. The fraction of sp³-hybridized carbons (Fsp3) is 0.400. The van der Waals surface area contributed by atoms with Gasteiger partial charge in [-0.2, -0.15) is 9.97 Å². The SMILES string of the molecule is NNc1cc(N2CCOCC2)nc(OCCc2ncccc2O)n1. The van der Waals surface area contributed by atoms with Gasteiger partial charge in [-0.3, -0.25) is 4.98 Å². The van der Waals surface area contributed by atoms with E-state index in [2.05, 4.69) is 25.3 Å². The average Bonchev–Trinajstić information content (AvgIpc) is 2.64. The van der Waals surface area contributed by atoms with E-state index in [1.165, 1.54) is 0 Å². The van der Waals surface area contributed by atoms with Crippen LogP contribution in [0.5, 0.6) is 11.8 Å². The van der Waals surface area contributed by atoms with Gasteiger partial charge in [-0.05, 0) is 12.1 Å². The predicted octanol–water partition coefficient (Wildman–Crippen LogP) is 0.321. The molecule has 128 valence electrons. The first kappa shape index (κ1) is 16.2. The van der Waals surface area contributed by atoms with Crippen molar-refractivity contribution < 1.29 is 14.6 Å². The van der Waals surface area contributed by atoms with Crippen LogP contribution in [0.1, 0.15) is 5.69 Å². The van der Waals surface area contributed by atoms with E-state index in [0.717, 1.165) is 18.9 Å². The van der Waals surface area contributed by atoms with Crippen molar-refractivity contribution >= 4 is 11.6 Å². The van der Waals surface area contributed by atoms with Gasteiger partial charge in [-0.1, -0.05) is 0 Å². The van der Waals surface area contributed by atoms with Crippen LogP contribution in [-0.2, 0) is 11.2 Å². The molecule has 2 aromatic heterocycles. The van der Waals surface area contributed by atoms with Gasteiger partial charge in [-0.25, -0.2) is 5.84 Å². The number of pyridine rings is 1. The van der Waals surface area contributed by atoms with Gasteiger partial charge in [0.15, 0.2) is 0 Å². The smallest absolute Gasteiger partial charge is 0.320 e. The molecule has 0 bridgehead atoms. The molecule has 9 heteroatoms. The Balaban J connectivity index is 1.67. The highest BCUT2D eigenvalue weighted by Crippen LogP contribution is 2.20. The lowest BCUT2D eigenvalue weighted by Crippen LogP contribution is -2.37. The van der Waals surface area contributed by atoms with Crippen LogP contribution in [0.4, 0.5) is 11.6 Å². The summed E-state index contributed by atoms with van der Waals surface area (Å²) in [6, 6.07) is 5.26. The second kappa shape index (κ2) is 7.75. The quantitative estimate of drug-likeness (QED) is 0.507. The topological polar surface area (TPSA) is 119 Å². The number of nitrogens with one attached hydrogen (secondary N) is 1. The molecule has 0 aliphatic carbocycles. The summed E-state index contributed by atoms with van der Waals surface area (Å²) in [4.78, 5) is 14.8. The number of morpholine rings is 1. The van der Waals surface area contributed by atoms with Crippen LogP contribution in [0.2, 0.25) is 0 Å². The lowest BCUT2D eigenvalue weighted by atomic mass is 10.2. The molecule has 0 unspecified atom stereocenters. The zero-order valence-electron chi connectivity index (χ0n) is 13.2. The van der Waals surface area contributed by atoms with Crippen molar-refractivity contribution in [1.29, 1.82) is 0 Å². The fourth-order valence-electron chi connectivity index (χ4n) is 2.37. The van der Waals surface area contributed by atoms with Crippen LogP contribution in [0.15, 0.2) is 24.4 Å². The van der Waals surface area contributed by atoms with Gasteiger partial charge in [0.05, 0.1) is 25.5 Å². The lowest BCUT2D eigenvalue weighted by Gasteiger charge is -2.28. The van der Waals surface area contributed by atoms with Gasteiger partial charge in [0.1, 0.15) is 17.4 Å². The summed E-state index contributed by atoms with van der Waals surface area (Å²) in [6.07, 6.45) is 2.07. The highest BCUT2D eigenvalue weighted by atomic mass is 16.5. The fourth-order valence-corrected chi connectivity index (χ4v) is 2.37. The molecular weight excluding hydrogens is 312 g/mol. The molecule has 9 nitrogen and oxygen atoms in total. The highest BCUT2D eigenvalue weighted by molar-refractivity contribution is 5.50. The van der Waals surface area contributed by atoms with Crippen LogP contribution in [0, 0.1) is 0 Å². The summed E-state index contributed by atoms with van der Waals surface area (Å²) >= 11 is 0. The summed E-state index contributed by atoms with van der Waals surface area (Å²) in [5.41, 5.74) is 3.09. The molecular formula is C15H20N6O3. The van der Waals surface area contributed by atoms with Crippen molar-refractivity contribution in [2.24, 2.45) is 5.84 Å². The van der Waals surface area contributed by atoms with Crippen molar-refractivity contribution in [3.63, 3.8) is 0 Å². The lowest BCUT2D eigenvalue weighted by molar-refractivity contribution is 0.122. The maximum absolute atomic E-state index is 9.71. The number of hydrogen-bond donors (Lipinski definition) is 3. The summed E-state index contributed by atoms with van der Waals surface area (Å²) in [5.74, 6) is 6.83. The summed E-state index contributed by atoms with van der Waals surface area (Å²) < 4.78 is 11.0. The number of nitrogen functional groups attached to an aromatic ring is 1. The maximum atomic E-state index is 9.71. The number of rotatable bonds is 6. The molecule has 24 heavy (non-hydrogen) atoms. The largest absolute Gasteiger partial charge is 0.506 e. The van der Waals surface area contributed by atoms with Crippen molar-refractivity contribution in [2.45, 2.75) is 6.42 Å². The standard InChI is InChI=1S/C15H20N6O3/c16-20-13-10-14(21-5-8-23-9-6-21)19-15(18-13)24-7-3-11-12(22)2-1-4-17-11/h1-2,4,10,22H,3,5-9,16H2,(H,18,19,20). The number of nitrogens with zero attached hydrogens (tertiary/aromatic N) is 4. The Labute approximate surface area is 139 Å². The summed E-state index contributed by atoms with van der Waals surface area (Å²) in [5, 5.41) is 9.71. The van der Waals surface area contributed by atoms with Gasteiger partial charge in [0, 0.05) is 31.8 Å². The van der Waals surface area contributed by atoms with Crippen LogP contribution in [0.3, 0.4) is 0 Å². The predicted molar refractivity (Wildman–Crippen MR) is 88.0 cm³/mol. The number of nitrogens with two attached hydrogens (primary N) is 1. The minimum absolute atomic E-state index is 0.147. The normalized spacial score (nSPS) is 14.5. The van der Waals surface area contributed by atoms with E-state index in [1.807, 2.05) is 0 Å². The van der Waals surface area contributed by atoms with Crippen LogP contribution >= 0.6 is 0 Å². The van der Waals surface area contributed by atoms with E-state index in [1.54, 1.807) is 24.4 Å². The highest BCUT2D eigenvalue weighted by Gasteiger charge is 2.15. The van der Waals surface area contributed by atoms with E-state index >= 15 is 0 Å². The first-order valence-corrected chi connectivity index (χ1v) is 7.70. The van der Waals surface area contributed by atoms with Crippen LogP contribution in [0.25, 0.3) is 0 Å². The molecule has 1 aliphatic heterocycles. The van der Waals surface area contributed by atoms with Crippen molar-refractivity contribution in [3.8, 4) is 11.8 Å². The van der Waals surface area contributed by atoms with E-state index < -0.39 is 0 Å². The Kier molecular flexibility index (Phi) is 5.24. The molecule has 0 aromatic carbocycles. The minimum atomic E-state index is 0.147. The van der Waals surface area contributed by atoms with Crippen molar-refractivity contribution in [1.82, 2.24) is 15.0 Å². The maximum Gasteiger partial charge on any atom is 0.320 e. The first-order valence-electron chi connectivity index (χ1n) is 7.70. The Morgan fingerprint density at radius 1 is 1.33 bits per heavy atom. The monoisotopic (exact) mass is 332 g/mol. The molecule has 0 radical (unpaired) electrons. The minimum Gasteiger partial charge on any atom is -0.506 e. The van der Waals surface area contributed by atoms with Gasteiger partial charge < -0.3 is 24.9 Å². The van der Waals surface area contributed by atoms with Crippen molar-refractivity contribution in [3.05, 3.63) is 30.1 Å². The van der Waals surface area contributed by atoms with E-state index in [0.29, 0.717) is 37.8 Å².